The summed E-state index contributed by atoms with van der Waals surface area (Å²) < 4.78 is 0. The Balaban J connectivity index is 2.78. The normalized spacial score (nSPS) is 10.6. The standard InChI is InChI=1S/C10H10BrNO2/c11-5-2-1-3-9-7-8(10(13)14)4-6-12-9/h1,3-4,6-7H,2,5H2,(H,13,14). The molecule has 0 fully saturated rings. The topological polar surface area (TPSA) is 50.2 Å². The van der Waals surface area contributed by atoms with E-state index in [2.05, 4.69) is 20.9 Å². The molecule has 0 bridgehead atoms. The van der Waals surface area contributed by atoms with Crippen molar-refractivity contribution in [3.8, 4) is 0 Å². The summed E-state index contributed by atoms with van der Waals surface area (Å²) in [7, 11) is 0. The number of allylic oxidation sites excluding steroid dienone is 1. The predicted molar refractivity (Wildman–Crippen MR) is 58.6 cm³/mol. The Morgan fingerprint density at radius 1 is 1.64 bits per heavy atom. The molecule has 3 nitrogen and oxygen atoms in total. The van der Waals surface area contributed by atoms with Gasteiger partial charge >= 0.3 is 5.97 Å². The van der Waals surface area contributed by atoms with Crippen molar-refractivity contribution in [1.82, 2.24) is 4.98 Å². The summed E-state index contributed by atoms with van der Waals surface area (Å²) >= 11 is 3.29. The molecule has 0 saturated carbocycles. The first kappa shape index (κ1) is 10.9. The number of pyridine rings is 1. The van der Waals surface area contributed by atoms with Gasteiger partial charge in [0.15, 0.2) is 0 Å². The van der Waals surface area contributed by atoms with Crippen LogP contribution in [0.1, 0.15) is 22.5 Å². The maximum absolute atomic E-state index is 10.6. The Hall–Kier alpha value is -1.16. The van der Waals surface area contributed by atoms with Gasteiger partial charge in [-0.25, -0.2) is 4.79 Å². The Kier molecular flexibility index (Phi) is 4.32. The average molecular weight is 256 g/mol. The third-order valence-corrected chi connectivity index (χ3v) is 2.05. The van der Waals surface area contributed by atoms with Crippen molar-refractivity contribution in [3.05, 3.63) is 35.7 Å². The van der Waals surface area contributed by atoms with Gasteiger partial charge in [-0.05, 0) is 24.6 Å². The summed E-state index contributed by atoms with van der Waals surface area (Å²) in [5, 5.41) is 9.61. The Morgan fingerprint density at radius 2 is 2.43 bits per heavy atom. The van der Waals surface area contributed by atoms with Crippen molar-refractivity contribution in [1.29, 1.82) is 0 Å². The number of carboxylic acid groups (broad SMARTS) is 1. The number of carbonyl (C=O) groups is 1. The lowest BCUT2D eigenvalue weighted by molar-refractivity contribution is 0.0696. The highest BCUT2D eigenvalue weighted by Crippen LogP contribution is 2.04. The molecule has 0 spiro atoms. The van der Waals surface area contributed by atoms with Gasteiger partial charge in [-0.1, -0.05) is 22.0 Å². The van der Waals surface area contributed by atoms with Crippen LogP contribution in [0.4, 0.5) is 0 Å². The van der Waals surface area contributed by atoms with Crippen LogP contribution < -0.4 is 0 Å². The number of hydrogen-bond donors (Lipinski definition) is 1. The number of hydrogen-bond acceptors (Lipinski definition) is 2. The lowest BCUT2D eigenvalue weighted by Crippen LogP contribution is -1.96. The predicted octanol–water partition coefficient (Wildman–Crippen LogP) is 2.58. The molecule has 1 aromatic heterocycles. The Labute approximate surface area is 90.6 Å². The van der Waals surface area contributed by atoms with Gasteiger partial charge in [-0.2, -0.15) is 0 Å². The lowest BCUT2D eigenvalue weighted by Gasteiger charge is -1.95. The molecule has 0 aromatic carbocycles. The number of nitrogens with zero attached hydrogens (tertiary/aromatic N) is 1. The van der Waals surface area contributed by atoms with Gasteiger partial charge in [0.25, 0.3) is 0 Å². The Bertz CT molecular complexity index is 350. The van der Waals surface area contributed by atoms with E-state index < -0.39 is 5.97 Å². The van der Waals surface area contributed by atoms with Crippen LogP contribution >= 0.6 is 15.9 Å². The van der Waals surface area contributed by atoms with E-state index in [9.17, 15) is 4.79 Å². The monoisotopic (exact) mass is 255 g/mol. The van der Waals surface area contributed by atoms with Gasteiger partial charge in [0.1, 0.15) is 0 Å². The molecule has 1 rings (SSSR count). The Morgan fingerprint density at radius 3 is 3.07 bits per heavy atom. The van der Waals surface area contributed by atoms with Crippen molar-refractivity contribution in [3.63, 3.8) is 0 Å². The van der Waals surface area contributed by atoms with Gasteiger partial charge in [-0.15, -0.1) is 0 Å². The average Bonchev–Trinajstić information content (AvgIpc) is 2.19. The van der Waals surface area contributed by atoms with Crippen molar-refractivity contribution in [2.45, 2.75) is 6.42 Å². The number of halogens is 1. The molecule has 4 heteroatoms. The molecule has 1 aromatic rings. The molecular weight excluding hydrogens is 246 g/mol. The third-order valence-electron chi connectivity index (χ3n) is 1.59. The van der Waals surface area contributed by atoms with Gasteiger partial charge < -0.3 is 5.11 Å². The summed E-state index contributed by atoms with van der Waals surface area (Å²) in [5.74, 6) is -0.928. The second kappa shape index (κ2) is 5.54. The highest BCUT2D eigenvalue weighted by Gasteiger charge is 2.01. The van der Waals surface area contributed by atoms with E-state index in [-0.39, 0.29) is 5.56 Å². The molecule has 1 heterocycles. The van der Waals surface area contributed by atoms with Crippen molar-refractivity contribution >= 4 is 28.0 Å². The van der Waals surface area contributed by atoms with E-state index in [4.69, 9.17) is 5.11 Å². The molecule has 14 heavy (non-hydrogen) atoms. The van der Waals surface area contributed by atoms with E-state index in [1.165, 1.54) is 12.3 Å². The van der Waals surface area contributed by atoms with Gasteiger partial charge in [0, 0.05) is 11.5 Å². The van der Waals surface area contributed by atoms with E-state index in [1.807, 2.05) is 12.2 Å². The smallest absolute Gasteiger partial charge is 0.335 e. The number of aromatic carboxylic acids is 1. The van der Waals surface area contributed by atoms with Gasteiger partial charge in [-0.3, -0.25) is 4.98 Å². The van der Waals surface area contributed by atoms with Crippen LogP contribution in [0.2, 0.25) is 0 Å². The first-order valence-corrected chi connectivity index (χ1v) is 5.28. The quantitative estimate of drug-likeness (QED) is 0.842. The molecule has 0 unspecified atom stereocenters. The number of carboxylic acids is 1. The third kappa shape index (κ3) is 3.30. The molecule has 0 aliphatic carbocycles. The van der Waals surface area contributed by atoms with Crippen molar-refractivity contribution in [2.24, 2.45) is 0 Å². The van der Waals surface area contributed by atoms with Crippen LogP contribution in [0.3, 0.4) is 0 Å². The second-order valence-electron chi connectivity index (χ2n) is 2.65. The van der Waals surface area contributed by atoms with Gasteiger partial charge in [0.05, 0.1) is 11.3 Å². The van der Waals surface area contributed by atoms with Crippen LogP contribution in [-0.2, 0) is 0 Å². The zero-order chi connectivity index (χ0) is 10.4. The summed E-state index contributed by atoms with van der Waals surface area (Å²) in [6, 6.07) is 3.03. The zero-order valence-corrected chi connectivity index (χ0v) is 9.07. The largest absolute Gasteiger partial charge is 0.478 e. The van der Waals surface area contributed by atoms with E-state index in [0.717, 1.165) is 11.8 Å². The molecule has 0 saturated heterocycles. The fourth-order valence-corrected chi connectivity index (χ4v) is 1.20. The van der Waals surface area contributed by atoms with E-state index in [0.29, 0.717) is 5.69 Å². The molecule has 0 amide bonds. The minimum atomic E-state index is -0.928. The van der Waals surface area contributed by atoms with Crippen LogP contribution in [0.25, 0.3) is 6.08 Å². The maximum atomic E-state index is 10.6. The SMILES string of the molecule is O=C(O)c1ccnc(C=CCCBr)c1. The molecule has 0 aliphatic rings. The maximum Gasteiger partial charge on any atom is 0.335 e. The minimum absolute atomic E-state index is 0.262. The molecule has 74 valence electrons. The highest BCUT2D eigenvalue weighted by atomic mass is 79.9. The van der Waals surface area contributed by atoms with Crippen LogP contribution in [0.5, 0.6) is 0 Å². The molecule has 0 atom stereocenters. The molecule has 1 N–H and O–H groups in total. The summed E-state index contributed by atoms with van der Waals surface area (Å²) in [6.45, 7) is 0. The lowest BCUT2D eigenvalue weighted by atomic mass is 10.2. The summed E-state index contributed by atoms with van der Waals surface area (Å²) in [6.07, 6.45) is 6.16. The van der Waals surface area contributed by atoms with Crippen LogP contribution in [0.15, 0.2) is 24.4 Å². The summed E-state index contributed by atoms with van der Waals surface area (Å²) in [4.78, 5) is 14.7. The van der Waals surface area contributed by atoms with Gasteiger partial charge in [0.2, 0.25) is 0 Å². The zero-order valence-electron chi connectivity index (χ0n) is 7.48. The first-order valence-electron chi connectivity index (χ1n) is 4.16. The fraction of sp³-hybridized carbons (Fsp3) is 0.200. The molecular formula is C10H10BrNO2. The first-order chi connectivity index (χ1) is 6.74. The van der Waals surface area contributed by atoms with Crippen molar-refractivity contribution in [2.75, 3.05) is 5.33 Å². The summed E-state index contributed by atoms with van der Waals surface area (Å²) in [5.41, 5.74) is 0.935. The number of aromatic nitrogens is 1. The molecule has 0 aliphatic heterocycles. The number of rotatable bonds is 4. The van der Waals surface area contributed by atoms with Crippen LogP contribution in [0, 0.1) is 0 Å². The molecule has 0 radical (unpaired) electrons. The van der Waals surface area contributed by atoms with Crippen LogP contribution in [-0.4, -0.2) is 21.4 Å². The minimum Gasteiger partial charge on any atom is -0.478 e. The number of alkyl halides is 1. The van der Waals surface area contributed by atoms with E-state index in [1.54, 1.807) is 6.07 Å². The highest BCUT2D eigenvalue weighted by molar-refractivity contribution is 9.09. The fourth-order valence-electron chi connectivity index (χ4n) is 0.940. The van der Waals surface area contributed by atoms with Crippen molar-refractivity contribution < 1.29 is 9.90 Å². The second-order valence-corrected chi connectivity index (χ2v) is 3.45. The van der Waals surface area contributed by atoms with E-state index >= 15 is 0 Å².